The van der Waals surface area contributed by atoms with Gasteiger partial charge < -0.3 is 9.32 Å². The number of hydrogen-bond donors (Lipinski definition) is 0. The molecule has 7 heteroatoms. The van der Waals surface area contributed by atoms with E-state index in [0.29, 0.717) is 23.7 Å². The zero-order valence-corrected chi connectivity index (χ0v) is 15.7. The van der Waals surface area contributed by atoms with E-state index in [1.807, 2.05) is 19.1 Å². The molecule has 0 radical (unpaired) electrons. The zero-order chi connectivity index (χ0) is 18.7. The van der Waals surface area contributed by atoms with Crippen molar-refractivity contribution in [3.63, 3.8) is 0 Å². The molecule has 1 fully saturated rings. The highest BCUT2D eigenvalue weighted by atomic mass is 32.2. The van der Waals surface area contributed by atoms with Gasteiger partial charge in [0.15, 0.2) is 0 Å². The number of hydrogen-bond acceptors (Lipinski definition) is 4. The summed E-state index contributed by atoms with van der Waals surface area (Å²) < 4.78 is 32.4. The van der Waals surface area contributed by atoms with Crippen molar-refractivity contribution < 1.29 is 17.6 Å². The molecule has 0 N–H and O–H groups in total. The van der Waals surface area contributed by atoms with Gasteiger partial charge in [-0.05, 0) is 49.2 Å². The zero-order valence-electron chi connectivity index (χ0n) is 14.9. The fourth-order valence-electron chi connectivity index (χ4n) is 2.92. The van der Waals surface area contributed by atoms with Gasteiger partial charge in [-0.1, -0.05) is 12.1 Å². The van der Waals surface area contributed by atoms with E-state index in [-0.39, 0.29) is 19.0 Å². The van der Waals surface area contributed by atoms with Crippen molar-refractivity contribution in [2.24, 2.45) is 0 Å². The van der Waals surface area contributed by atoms with Gasteiger partial charge >= 0.3 is 0 Å². The van der Waals surface area contributed by atoms with Crippen molar-refractivity contribution >= 4 is 22.0 Å². The predicted molar refractivity (Wildman–Crippen MR) is 99.0 cm³/mol. The Bertz CT molecular complexity index is 909. The van der Waals surface area contributed by atoms with Crippen molar-refractivity contribution in [3.8, 4) is 0 Å². The van der Waals surface area contributed by atoms with E-state index in [0.717, 1.165) is 11.1 Å². The lowest BCUT2D eigenvalue weighted by molar-refractivity contribution is -0.127. The predicted octanol–water partition coefficient (Wildman–Crippen LogP) is 2.44. The molecule has 1 aliphatic heterocycles. The maximum Gasteiger partial charge on any atom is 0.246 e. The molecule has 1 amide bonds. The lowest BCUT2D eigenvalue weighted by Crippen LogP contribution is -2.50. The van der Waals surface area contributed by atoms with Crippen LogP contribution in [-0.4, -0.2) is 49.7 Å². The first-order chi connectivity index (χ1) is 12.4. The molecular formula is C19H22N2O4S. The Hall–Kier alpha value is -2.38. The van der Waals surface area contributed by atoms with Crippen molar-refractivity contribution in [2.75, 3.05) is 26.2 Å². The first kappa shape index (κ1) is 18.4. The Labute approximate surface area is 153 Å². The van der Waals surface area contributed by atoms with Crippen LogP contribution in [-0.2, 0) is 14.8 Å². The lowest BCUT2D eigenvalue weighted by atomic mass is 10.2. The van der Waals surface area contributed by atoms with Gasteiger partial charge in [-0.3, -0.25) is 4.79 Å². The van der Waals surface area contributed by atoms with Crippen molar-refractivity contribution in [1.29, 1.82) is 0 Å². The van der Waals surface area contributed by atoms with E-state index in [2.05, 4.69) is 0 Å². The van der Waals surface area contributed by atoms with E-state index in [1.54, 1.807) is 42.4 Å². The van der Waals surface area contributed by atoms with Crippen LogP contribution < -0.4 is 0 Å². The summed E-state index contributed by atoms with van der Waals surface area (Å²) in [5.41, 5.74) is 1.64. The number of amides is 1. The second kappa shape index (κ2) is 7.47. The summed E-state index contributed by atoms with van der Waals surface area (Å²) in [7, 11) is -3.55. The Balaban J connectivity index is 1.66. The van der Waals surface area contributed by atoms with Crippen LogP contribution in [0.5, 0.6) is 0 Å². The summed E-state index contributed by atoms with van der Waals surface area (Å²) >= 11 is 0. The molecule has 0 bridgehead atoms. The molecule has 1 saturated heterocycles. The molecular weight excluding hydrogens is 352 g/mol. The van der Waals surface area contributed by atoms with Crippen LogP contribution in [0, 0.1) is 13.8 Å². The van der Waals surface area contributed by atoms with Crippen LogP contribution >= 0.6 is 0 Å². The summed E-state index contributed by atoms with van der Waals surface area (Å²) in [6.45, 7) is 4.98. The standard InChI is InChI=1S/C19H22N2O4S/c1-15-5-6-16(2)18(14-15)26(23,24)21-11-9-20(10-12-21)19(22)8-7-17-4-3-13-25-17/h3-8,13-14H,9-12H2,1-2H3. The third-order valence-corrected chi connectivity index (χ3v) is 6.49. The normalized spacial score (nSPS) is 16.3. The molecule has 6 nitrogen and oxygen atoms in total. The molecule has 0 unspecified atom stereocenters. The molecule has 2 aromatic rings. The first-order valence-electron chi connectivity index (χ1n) is 8.46. The van der Waals surface area contributed by atoms with E-state index in [4.69, 9.17) is 4.42 Å². The molecule has 0 saturated carbocycles. The summed E-state index contributed by atoms with van der Waals surface area (Å²) in [6.07, 6.45) is 4.61. The van der Waals surface area contributed by atoms with Gasteiger partial charge in [-0.25, -0.2) is 8.42 Å². The second-order valence-electron chi connectivity index (χ2n) is 6.35. The largest absolute Gasteiger partial charge is 0.465 e. The highest BCUT2D eigenvalue weighted by Gasteiger charge is 2.30. The Morgan fingerprint density at radius 2 is 1.85 bits per heavy atom. The first-order valence-corrected chi connectivity index (χ1v) is 9.90. The second-order valence-corrected chi connectivity index (χ2v) is 8.25. The number of piperazine rings is 1. The quantitative estimate of drug-likeness (QED) is 0.771. The fourth-order valence-corrected chi connectivity index (χ4v) is 4.65. The van der Waals surface area contributed by atoms with Crippen LogP contribution in [0.25, 0.3) is 6.08 Å². The van der Waals surface area contributed by atoms with Gasteiger partial charge in [0, 0.05) is 32.3 Å². The minimum Gasteiger partial charge on any atom is -0.465 e. The number of furan rings is 1. The molecule has 138 valence electrons. The van der Waals surface area contributed by atoms with Crippen LogP contribution in [0.15, 0.2) is 52.0 Å². The molecule has 3 rings (SSSR count). The molecule has 0 aliphatic carbocycles. The Morgan fingerprint density at radius 1 is 1.12 bits per heavy atom. The fraction of sp³-hybridized carbons (Fsp3) is 0.316. The maximum atomic E-state index is 12.9. The van der Waals surface area contributed by atoms with E-state index >= 15 is 0 Å². The third kappa shape index (κ3) is 3.89. The average Bonchev–Trinajstić information content (AvgIpc) is 3.15. The summed E-state index contributed by atoms with van der Waals surface area (Å²) in [5, 5.41) is 0. The topological polar surface area (TPSA) is 70.8 Å². The number of carbonyl (C=O) groups excluding carboxylic acids is 1. The van der Waals surface area contributed by atoms with Crippen molar-refractivity contribution in [1.82, 2.24) is 9.21 Å². The maximum absolute atomic E-state index is 12.9. The van der Waals surface area contributed by atoms with Crippen LogP contribution in [0.2, 0.25) is 0 Å². The van der Waals surface area contributed by atoms with E-state index in [9.17, 15) is 13.2 Å². The van der Waals surface area contributed by atoms with Crippen LogP contribution in [0.4, 0.5) is 0 Å². The molecule has 0 atom stereocenters. The SMILES string of the molecule is Cc1ccc(C)c(S(=O)(=O)N2CCN(C(=O)C=Cc3ccco3)CC2)c1. The van der Waals surface area contributed by atoms with Gasteiger partial charge in [0.1, 0.15) is 5.76 Å². The Morgan fingerprint density at radius 3 is 2.50 bits per heavy atom. The average molecular weight is 374 g/mol. The Kier molecular flexibility index (Phi) is 5.29. The van der Waals surface area contributed by atoms with Crippen molar-refractivity contribution in [2.45, 2.75) is 18.7 Å². The summed E-state index contributed by atoms with van der Waals surface area (Å²) in [6, 6.07) is 8.94. The highest BCUT2D eigenvalue weighted by molar-refractivity contribution is 7.89. The molecule has 26 heavy (non-hydrogen) atoms. The van der Waals surface area contributed by atoms with Gasteiger partial charge in [0.25, 0.3) is 0 Å². The minimum absolute atomic E-state index is 0.148. The molecule has 1 aliphatic rings. The number of sulfonamides is 1. The molecule has 0 spiro atoms. The number of benzene rings is 1. The monoisotopic (exact) mass is 374 g/mol. The number of carbonyl (C=O) groups is 1. The summed E-state index contributed by atoms with van der Waals surface area (Å²) in [4.78, 5) is 14.2. The minimum atomic E-state index is -3.55. The van der Waals surface area contributed by atoms with Gasteiger partial charge in [0.2, 0.25) is 15.9 Å². The van der Waals surface area contributed by atoms with Gasteiger partial charge in [0.05, 0.1) is 11.2 Å². The lowest BCUT2D eigenvalue weighted by Gasteiger charge is -2.33. The van der Waals surface area contributed by atoms with Gasteiger partial charge in [-0.2, -0.15) is 4.31 Å². The summed E-state index contributed by atoms with van der Waals surface area (Å²) in [5.74, 6) is 0.458. The smallest absolute Gasteiger partial charge is 0.246 e. The van der Waals surface area contributed by atoms with E-state index < -0.39 is 10.0 Å². The molecule has 1 aromatic carbocycles. The van der Waals surface area contributed by atoms with Crippen molar-refractivity contribution in [3.05, 3.63) is 59.6 Å². The highest BCUT2D eigenvalue weighted by Crippen LogP contribution is 2.22. The van der Waals surface area contributed by atoms with Gasteiger partial charge in [-0.15, -0.1) is 0 Å². The van der Waals surface area contributed by atoms with Crippen LogP contribution in [0.3, 0.4) is 0 Å². The van der Waals surface area contributed by atoms with E-state index in [1.165, 1.54) is 10.4 Å². The third-order valence-electron chi connectivity index (χ3n) is 4.45. The van der Waals surface area contributed by atoms with Crippen LogP contribution in [0.1, 0.15) is 16.9 Å². The molecule has 1 aromatic heterocycles. The number of aryl methyl sites for hydroxylation is 2. The number of nitrogens with zero attached hydrogens (tertiary/aromatic N) is 2. The number of rotatable bonds is 4. The molecule has 2 heterocycles.